The Morgan fingerprint density at radius 1 is 1.25 bits per heavy atom. The Kier molecular flexibility index (Phi) is 8.56. The van der Waals surface area contributed by atoms with Crippen molar-refractivity contribution in [3.8, 4) is 0 Å². The van der Waals surface area contributed by atoms with Gasteiger partial charge < -0.3 is 25.4 Å². The van der Waals surface area contributed by atoms with E-state index in [4.69, 9.17) is 4.74 Å². The lowest BCUT2D eigenvalue weighted by atomic mass is 10.0. The van der Waals surface area contributed by atoms with Crippen LogP contribution in [0.3, 0.4) is 0 Å². The Morgan fingerprint density at radius 2 is 2.00 bits per heavy atom. The molecule has 0 spiro atoms. The smallest absolute Gasteiger partial charge is 0.254 e. The third kappa shape index (κ3) is 6.70. The summed E-state index contributed by atoms with van der Waals surface area (Å²) in [6.07, 6.45) is 3.12. The molecule has 2 amide bonds. The van der Waals surface area contributed by atoms with Crippen LogP contribution in [0, 0.1) is 5.82 Å². The van der Waals surface area contributed by atoms with E-state index >= 15 is 0 Å². The van der Waals surface area contributed by atoms with Gasteiger partial charge in [0.15, 0.2) is 0 Å². The van der Waals surface area contributed by atoms with Gasteiger partial charge in [-0.05, 0) is 39.2 Å². The molecule has 0 fully saturated rings. The molecule has 7 nitrogen and oxygen atoms in total. The Hall–Kier alpha value is -2.29. The summed E-state index contributed by atoms with van der Waals surface area (Å²) in [6, 6.07) is 5.05. The molecule has 8 heteroatoms. The molecule has 2 rings (SSSR count). The highest BCUT2D eigenvalue weighted by atomic mass is 19.1. The number of hydrogen-bond acceptors (Lipinski definition) is 5. The number of amides is 2. The van der Waals surface area contributed by atoms with Gasteiger partial charge in [0.1, 0.15) is 11.9 Å². The molecule has 1 aliphatic heterocycles. The first-order valence-electron chi connectivity index (χ1n) is 9.32. The molecule has 0 saturated heterocycles. The highest BCUT2D eigenvalue weighted by molar-refractivity contribution is 5.94. The van der Waals surface area contributed by atoms with Crippen LogP contribution < -0.4 is 10.6 Å². The van der Waals surface area contributed by atoms with E-state index in [2.05, 4.69) is 10.6 Å². The molecule has 1 aromatic rings. The predicted molar refractivity (Wildman–Crippen MR) is 103 cm³/mol. The van der Waals surface area contributed by atoms with E-state index in [0.29, 0.717) is 6.54 Å². The van der Waals surface area contributed by atoms with Gasteiger partial charge in [0.2, 0.25) is 5.91 Å². The standard InChI is InChI=1S/C20H28FN3O4/c1-24(2)11-5-10-22-19(26)12-14-8-9-17(18(13-25)28-14)23-20(27)15-6-3-4-7-16(15)21/h3-4,6-9,14,17-18,25H,5,10-13H2,1-2H3,(H,22,26)(H,23,27)/t14-,17+,18+/m1/s1. The normalized spacial score (nSPS) is 21.5. The van der Waals surface area contributed by atoms with Crippen LogP contribution in [0.25, 0.3) is 0 Å². The third-order valence-electron chi connectivity index (χ3n) is 4.37. The number of carbonyl (C=O) groups excluding carboxylic acids is 2. The number of hydrogen-bond donors (Lipinski definition) is 3. The van der Waals surface area contributed by atoms with Crippen molar-refractivity contribution in [1.29, 1.82) is 0 Å². The van der Waals surface area contributed by atoms with E-state index in [9.17, 15) is 19.1 Å². The molecular formula is C20H28FN3O4. The second kappa shape index (κ2) is 10.9. The zero-order chi connectivity index (χ0) is 20.5. The summed E-state index contributed by atoms with van der Waals surface area (Å²) >= 11 is 0. The molecule has 1 aromatic carbocycles. The number of rotatable bonds is 9. The van der Waals surface area contributed by atoms with Crippen LogP contribution in [0.1, 0.15) is 23.2 Å². The predicted octanol–water partition coefficient (Wildman–Crippen LogP) is 0.698. The lowest BCUT2D eigenvalue weighted by molar-refractivity contribution is -0.125. The number of nitrogens with zero attached hydrogens (tertiary/aromatic N) is 1. The van der Waals surface area contributed by atoms with Gasteiger partial charge in [-0.15, -0.1) is 0 Å². The zero-order valence-corrected chi connectivity index (χ0v) is 16.2. The Balaban J connectivity index is 1.86. The van der Waals surface area contributed by atoms with Crippen molar-refractivity contribution in [3.63, 3.8) is 0 Å². The molecule has 28 heavy (non-hydrogen) atoms. The number of halogens is 1. The highest BCUT2D eigenvalue weighted by Gasteiger charge is 2.29. The molecule has 0 unspecified atom stereocenters. The van der Waals surface area contributed by atoms with Crippen molar-refractivity contribution in [2.75, 3.05) is 33.8 Å². The fourth-order valence-corrected chi connectivity index (χ4v) is 2.89. The summed E-state index contributed by atoms with van der Waals surface area (Å²) < 4.78 is 19.5. The van der Waals surface area contributed by atoms with E-state index in [1.54, 1.807) is 18.2 Å². The van der Waals surface area contributed by atoms with E-state index in [-0.39, 0.29) is 24.5 Å². The number of carbonyl (C=O) groups is 2. The monoisotopic (exact) mass is 393 g/mol. The van der Waals surface area contributed by atoms with Gasteiger partial charge in [-0.2, -0.15) is 0 Å². The topological polar surface area (TPSA) is 90.9 Å². The van der Waals surface area contributed by atoms with Crippen LogP contribution in [-0.4, -0.2) is 73.9 Å². The molecule has 154 valence electrons. The van der Waals surface area contributed by atoms with E-state index < -0.39 is 30.0 Å². The molecule has 1 aliphatic rings. The molecular weight excluding hydrogens is 365 g/mol. The van der Waals surface area contributed by atoms with Crippen molar-refractivity contribution in [3.05, 3.63) is 47.8 Å². The minimum atomic E-state index is -0.715. The maximum absolute atomic E-state index is 13.7. The zero-order valence-electron chi connectivity index (χ0n) is 16.2. The highest BCUT2D eigenvalue weighted by Crippen LogP contribution is 2.17. The quantitative estimate of drug-likeness (QED) is 0.424. The Labute approximate surface area is 164 Å². The second-order valence-corrected chi connectivity index (χ2v) is 6.97. The number of aliphatic hydroxyl groups is 1. The second-order valence-electron chi connectivity index (χ2n) is 6.97. The van der Waals surface area contributed by atoms with Crippen molar-refractivity contribution in [2.45, 2.75) is 31.1 Å². The molecule has 0 saturated carbocycles. The minimum absolute atomic E-state index is 0.0770. The van der Waals surface area contributed by atoms with E-state index in [0.717, 1.165) is 13.0 Å². The first-order valence-corrected chi connectivity index (χ1v) is 9.32. The molecule has 3 N–H and O–H groups in total. The van der Waals surface area contributed by atoms with Crippen molar-refractivity contribution < 1.29 is 23.8 Å². The van der Waals surface area contributed by atoms with E-state index in [1.807, 2.05) is 19.0 Å². The first-order chi connectivity index (χ1) is 13.4. The summed E-state index contributed by atoms with van der Waals surface area (Å²) in [4.78, 5) is 26.3. The first kappa shape index (κ1) is 22.0. The average molecular weight is 393 g/mol. The van der Waals surface area contributed by atoms with Gasteiger partial charge in [-0.25, -0.2) is 4.39 Å². The molecule has 0 aromatic heterocycles. The fraction of sp³-hybridized carbons (Fsp3) is 0.500. The number of ether oxygens (including phenoxy) is 1. The summed E-state index contributed by atoms with van der Waals surface area (Å²) in [6.45, 7) is 1.13. The number of aliphatic hydroxyl groups excluding tert-OH is 1. The van der Waals surface area contributed by atoms with Gasteiger partial charge in [-0.1, -0.05) is 24.3 Å². The summed E-state index contributed by atoms with van der Waals surface area (Å²) in [5, 5.41) is 15.1. The molecule has 3 atom stereocenters. The van der Waals surface area contributed by atoms with Crippen molar-refractivity contribution in [2.24, 2.45) is 0 Å². The summed E-state index contributed by atoms with van der Waals surface area (Å²) in [7, 11) is 3.94. The van der Waals surface area contributed by atoms with Crippen molar-refractivity contribution >= 4 is 11.8 Å². The molecule has 1 heterocycles. The number of benzene rings is 1. The van der Waals surface area contributed by atoms with Gasteiger partial charge in [0.05, 0.1) is 30.7 Å². The van der Waals surface area contributed by atoms with Crippen LogP contribution in [-0.2, 0) is 9.53 Å². The third-order valence-corrected chi connectivity index (χ3v) is 4.37. The lowest BCUT2D eigenvalue weighted by Gasteiger charge is -2.31. The Bertz CT molecular complexity index is 696. The Morgan fingerprint density at radius 3 is 2.68 bits per heavy atom. The van der Waals surface area contributed by atoms with Crippen molar-refractivity contribution in [1.82, 2.24) is 15.5 Å². The van der Waals surface area contributed by atoms with Gasteiger partial charge in [0.25, 0.3) is 5.91 Å². The van der Waals surface area contributed by atoms with Crippen LogP contribution >= 0.6 is 0 Å². The van der Waals surface area contributed by atoms with Crippen LogP contribution in [0.4, 0.5) is 4.39 Å². The molecule has 0 aliphatic carbocycles. The minimum Gasteiger partial charge on any atom is -0.394 e. The lowest BCUT2D eigenvalue weighted by Crippen LogP contribution is -2.49. The molecule has 0 bridgehead atoms. The van der Waals surface area contributed by atoms with Gasteiger partial charge in [-0.3, -0.25) is 9.59 Å². The SMILES string of the molecule is CN(C)CCCNC(=O)C[C@H]1C=C[C@H](NC(=O)c2ccccc2F)[C@H](CO)O1. The molecule has 0 radical (unpaired) electrons. The van der Waals surface area contributed by atoms with Crippen LogP contribution in [0.5, 0.6) is 0 Å². The van der Waals surface area contributed by atoms with Crippen LogP contribution in [0.15, 0.2) is 36.4 Å². The summed E-state index contributed by atoms with van der Waals surface area (Å²) in [5.74, 6) is -1.35. The maximum atomic E-state index is 13.7. The van der Waals surface area contributed by atoms with E-state index in [1.165, 1.54) is 18.2 Å². The maximum Gasteiger partial charge on any atom is 0.254 e. The largest absolute Gasteiger partial charge is 0.394 e. The fourth-order valence-electron chi connectivity index (χ4n) is 2.89. The van der Waals surface area contributed by atoms with Gasteiger partial charge >= 0.3 is 0 Å². The average Bonchev–Trinajstić information content (AvgIpc) is 2.66. The van der Waals surface area contributed by atoms with Crippen LogP contribution in [0.2, 0.25) is 0 Å². The van der Waals surface area contributed by atoms with Gasteiger partial charge in [0, 0.05) is 6.54 Å². The summed E-state index contributed by atoms with van der Waals surface area (Å²) in [5.41, 5.74) is -0.0770. The number of nitrogens with one attached hydrogen (secondary N) is 2.